The van der Waals surface area contributed by atoms with Crippen molar-refractivity contribution in [2.75, 3.05) is 6.54 Å². The second kappa shape index (κ2) is 11.5. The van der Waals surface area contributed by atoms with Gasteiger partial charge in [0, 0.05) is 30.8 Å². The van der Waals surface area contributed by atoms with Gasteiger partial charge in [-0.15, -0.1) is 0 Å². The molecule has 3 aromatic rings. The number of hydrogen-bond donors (Lipinski definition) is 1. The number of aromatic amines is 1. The lowest BCUT2D eigenvalue weighted by molar-refractivity contribution is -0.0189. The first kappa shape index (κ1) is 27.8. The highest BCUT2D eigenvalue weighted by atomic mass is 31.2. The van der Waals surface area contributed by atoms with Crippen molar-refractivity contribution in [1.82, 2.24) is 14.2 Å². The van der Waals surface area contributed by atoms with Crippen molar-refractivity contribution in [2.24, 2.45) is 0 Å². The monoisotopic (exact) mass is 579 g/mol. The van der Waals surface area contributed by atoms with Crippen LogP contribution in [0.25, 0.3) is 0 Å². The Balaban J connectivity index is 1.22. The van der Waals surface area contributed by atoms with Crippen molar-refractivity contribution < 1.29 is 13.8 Å². The van der Waals surface area contributed by atoms with Gasteiger partial charge < -0.3 is 13.8 Å². The molecule has 3 aliphatic heterocycles. The van der Waals surface area contributed by atoms with Crippen LogP contribution in [0, 0.1) is 6.92 Å². The number of ether oxygens (including phenoxy) is 1. The van der Waals surface area contributed by atoms with E-state index in [4.69, 9.17) is 13.8 Å². The quantitative estimate of drug-likeness (QED) is 0.322. The first-order valence-corrected chi connectivity index (χ1v) is 18.2. The van der Waals surface area contributed by atoms with E-state index < -0.39 is 28.5 Å². The van der Waals surface area contributed by atoms with Crippen LogP contribution >= 0.6 is 8.53 Å². The van der Waals surface area contributed by atoms with Crippen LogP contribution in [0.4, 0.5) is 0 Å². The highest BCUT2D eigenvalue weighted by Gasteiger charge is 2.51. The van der Waals surface area contributed by atoms with E-state index in [0.717, 1.165) is 31.9 Å². The first-order valence-electron chi connectivity index (χ1n) is 14.4. The lowest BCUT2D eigenvalue weighted by Gasteiger charge is -2.32. The molecule has 0 radical (unpaired) electrons. The molecule has 1 unspecified atom stereocenters. The van der Waals surface area contributed by atoms with Gasteiger partial charge in [0.25, 0.3) is 14.1 Å². The third-order valence-electron chi connectivity index (χ3n) is 8.83. The molecule has 0 aliphatic carbocycles. The van der Waals surface area contributed by atoms with E-state index in [1.54, 1.807) is 13.1 Å². The molecule has 1 N–H and O–H groups in total. The minimum absolute atomic E-state index is 0.105. The molecule has 3 fully saturated rings. The standard InChI is InChI=1S/C30H38N3O5PSi/c1-4-25-26(18-28(36-25)32-19-21(2)29(34)31-30(32)35)37-39-33-17-11-16-24(33)27(38-39)20-40(3,22-12-7-5-8-13-22)23-14-9-6-10-15-23/h5-10,12-15,19,24-28H,4,11,16-18,20H2,1-3H3,(H,31,34,35)/t24-,25+,26?,27+,28+,39+/m0/s1. The average molecular weight is 580 g/mol. The zero-order chi connectivity index (χ0) is 27.9. The summed E-state index contributed by atoms with van der Waals surface area (Å²) >= 11 is 0. The van der Waals surface area contributed by atoms with Gasteiger partial charge in [-0.05, 0) is 32.2 Å². The molecule has 6 rings (SSSR count). The Morgan fingerprint density at radius 3 is 2.38 bits per heavy atom. The van der Waals surface area contributed by atoms with Crippen molar-refractivity contribution in [3.8, 4) is 0 Å². The summed E-state index contributed by atoms with van der Waals surface area (Å²) in [6, 6.07) is 23.2. The zero-order valence-corrected chi connectivity index (χ0v) is 25.3. The third-order valence-corrected chi connectivity index (χ3v) is 15.1. The fourth-order valence-electron chi connectivity index (χ4n) is 6.54. The number of hydrogen-bond acceptors (Lipinski definition) is 6. The summed E-state index contributed by atoms with van der Waals surface area (Å²) < 4.78 is 23.9. The van der Waals surface area contributed by atoms with Crippen LogP contribution in [0.15, 0.2) is 76.4 Å². The van der Waals surface area contributed by atoms with Crippen LogP contribution in [0.5, 0.6) is 0 Å². The Labute approximate surface area is 237 Å². The molecule has 0 saturated carbocycles. The first-order chi connectivity index (χ1) is 19.4. The lowest BCUT2D eigenvalue weighted by atomic mass is 10.1. The topological polar surface area (TPSA) is 85.8 Å². The summed E-state index contributed by atoms with van der Waals surface area (Å²) in [5, 5.41) is 2.84. The summed E-state index contributed by atoms with van der Waals surface area (Å²) in [7, 11) is -3.32. The average Bonchev–Trinajstić information content (AvgIpc) is 3.69. The SMILES string of the molecule is CC[C@H]1O[C@@H](n2cc(C)c(=O)[nH]c2=O)CC1O[P@]1O[C@H](C[Si](C)(c2ccccc2)c2ccccc2)[C@@H]2CCCN21. The van der Waals surface area contributed by atoms with Crippen LogP contribution in [-0.2, 0) is 13.8 Å². The second-order valence-corrected chi connectivity index (χ2v) is 17.1. The van der Waals surface area contributed by atoms with Crippen LogP contribution in [0.3, 0.4) is 0 Å². The maximum Gasteiger partial charge on any atom is 0.330 e. The minimum Gasteiger partial charge on any atom is -0.352 e. The Morgan fingerprint density at radius 1 is 1.05 bits per heavy atom. The summed E-state index contributed by atoms with van der Waals surface area (Å²) in [5.41, 5.74) is -0.338. The number of rotatable bonds is 8. The fraction of sp³-hybridized carbons (Fsp3) is 0.467. The molecule has 2 aromatic carbocycles. The van der Waals surface area contributed by atoms with Gasteiger partial charge in [0.2, 0.25) is 0 Å². The van der Waals surface area contributed by atoms with Gasteiger partial charge in [-0.2, -0.15) is 0 Å². The minimum atomic E-state index is -2.08. The predicted molar refractivity (Wildman–Crippen MR) is 160 cm³/mol. The summed E-state index contributed by atoms with van der Waals surface area (Å²) in [5.74, 6) is 0. The number of H-pyrrole nitrogens is 1. The maximum atomic E-state index is 12.5. The number of benzene rings is 2. The second-order valence-electron chi connectivity index (χ2n) is 11.4. The van der Waals surface area contributed by atoms with E-state index in [1.807, 2.05) is 0 Å². The van der Waals surface area contributed by atoms with E-state index in [9.17, 15) is 9.59 Å². The van der Waals surface area contributed by atoms with Gasteiger partial charge in [-0.25, -0.2) is 9.46 Å². The highest BCUT2D eigenvalue weighted by Crippen LogP contribution is 2.58. The number of nitrogens with one attached hydrogen (secondary N) is 1. The summed E-state index contributed by atoms with van der Waals surface area (Å²) in [6.07, 6.45) is 4.44. The largest absolute Gasteiger partial charge is 0.352 e. The van der Waals surface area contributed by atoms with Gasteiger partial charge in [-0.3, -0.25) is 14.3 Å². The summed E-state index contributed by atoms with van der Waals surface area (Å²) in [4.78, 5) is 26.8. The molecule has 8 nitrogen and oxygen atoms in total. The smallest absolute Gasteiger partial charge is 0.330 e. The molecular weight excluding hydrogens is 541 g/mol. The summed E-state index contributed by atoms with van der Waals surface area (Å²) in [6.45, 7) is 7.22. The molecule has 40 heavy (non-hydrogen) atoms. The molecule has 4 heterocycles. The Hall–Kier alpha value is -2.39. The zero-order valence-electron chi connectivity index (χ0n) is 23.4. The third kappa shape index (κ3) is 5.19. The molecule has 0 amide bonds. The van der Waals surface area contributed by atoms with Crippen LogP contribution in [0.1, 0.15) is 44.4 Å². The van der Waals surface area contributed by atoms with E-state index in [1.165, 1.54) is 14.9 Å². The number of fused-ring (bicyclic) bond motifs is 1. The maximum absolute atomic E-state index is 12.5. The highest BCUT2D eigenvalue weighted by molar-refractivity contribution is 7.45. The van der Waals surface area contributed by atoms with Crippen LogP contribution in [-0.4, -0.2) is 53.2 Å². The lowest BCUT2D eigenvalue weighted by Crippen LogP contribution is -2.58. The number of nitrogens with zero attached hydrogens (tertiary/aromatic N) is 2. The van der Waals surface area contributed by atoms with Crippen molar-refractivity contribution >= 4 is 27.0 Å². The van der Waals surface area contributed by atoms with Crippen LogP contribution in [0.2, 0.25) is 12.6 Å². The molecule has 212 valence electrons. The predicted octanol–water partition coefficient (Wildman–Crippen LogP) is 3.91. The molecule has 10 heteroatoms. The van der Waals surface area contributed by atoms with Crippen molar-refractivity contribution in [2.45, 2.75) is 82.7 Å². The normalized spacial score (nSPS) is 28.7. The molecule has 3 saturated heterocycles. The van der Waals surface area contributed by atoms with E-state index in [0.29, 0.717) is 18.0 Å². The molecule has 0 spiro atoms. The molecular formula is C30H38N3O5PSi. The molecule has 3 aliphatic rings. The van der Waals surface area contributed by atoms with Gasteiger partial charge in [0.1, 0.15) is 14.3 Å². The van der Waals surface area contributed by atoms with Gasteiger partial charge in [0.05, 0.1) is 18.3 Å². The molecule has 6 atom stereocenters. The van der Waals surface area contributed by atoms with Crippen molar-refractivity contribution in [3.63, 3.8) is 0 Å². The number of aryl methyl sites for hydroxylation is 1. The molecule has 0 bridgehead atoms. The van der Waals surface area contributed by atoms with Gasteiger partial charge in [0.15, 0.2) is 0 Å². The molecule has 1 aromatic heterocycles. The Morgan fingerprint density at radius 2 is 1.73 bits per heavy atom. The van der Waals surface area contributed by atoms with E-state index in [-0.39, 0.29) is 23.9 Å². The number of aromatic nitrogens is 2. The van der Waals surface area contributed by atoms with Gasteiger partial charge >= 0.3 is 5.69 Å². The Kier molecular flexibility index (Phi) is 7.96. The van der Waals surface area contributed by atoms with E-state index in [2.05, 4.69) is 83.8 Å². The fourth-order valence-corrected chi connectivity index (χ4v) is 12.5. The van der Waals surface area contributed by atoms with Crippen LogP contribution < -0.4 is 21.6 Å². The van der Waals surface area contributed by atoms with E-state index >= 15 is 0 Å². The van der Waals surface area contributed by atoms with Gasteiger partial charge in [-0.1, -0.05) is 84.5 Å². The van der Waals surface area contributed by atoms with Crippen molar-refractivity contribution in [3.05, 3.63) is 93.3 Å². The Bertz CT molecular complexity index is 1400. The van der Waals surface area contributed by atoms with Crippen molar-refractivity contribution in [1.29, 1.82) is 0 Å².